The van der Waals surface area contributed by atoms with Gasteiger partial charge in [0.05, 0.1) is 11.9 Å². The molecule has 0 atom stereocenters. The highest BCUT2D eigenvalue weighted by Crippen LogP contribution is 2.24. The van der Waals surface area contributed by atoms with Crippen LogP contribution in [-0.2, 0) is 11.3 Å². The molecule has 6 heteroatoms. The number of rotatable bonds is 3. The molecule has 2 aromatic rings. The molecule has 0 radical (unpaired) electrons. The Hall–Kier alpha value is -1.82. The second-order valence-electron chi connectivity index (χ2n) is 4.44. The summed E-state index contributed by atoms with van der Waals surface area (Å²) < 4.78 is 2.56. The molecule has 0 bridgehead atoms. The summed E-state index contributed by atoms with van der Waals surface area (Å²) in [5.41, 5.74) is 9.03. The van der Waals surface area contributed by atoms with Crippen LogP contribution in [0.4, 0.5) is 11.4 Å². The molecule has 0 fully saturated rings. The average Bonchev–Trinajstić information content (AvgIpc) is 2.71. The summed E-state index contributed by atoms with van der Waals surface area (Å²) in [4.78, 5) is 11.9. The fraction of sp³-hybridized carbons (Fsp3) is 0.231. The number of amides is 1. The monoisotopic (exact) mass is 322 g/mol. The Bertz CT molecular complexity index is 598. The molecule has 1 aromatic carbocycles. The summed E-state index contributed by atoms with van der Waals surface area (Å²) in [6.07, 6.45) is 3.14. The number of halogens is 1. The predicted molar refractivity (Wildman–Crippen MR) is 78.9 cm³/mol. The van der Waals surface area contributed by atoms with Crippen molar-refractivity contribution in [3.05, 3.63) is 40.1 Å². The van der Waals surface area contributed by atoms with E-state index in [9.17, 15) is 4.79 Å². The lowest BCUT2D eigenvalue weighted by Gasteiger charge is -2.09. The molecule has 0 spiro atoms. The molecular formula is C13H15BrN4O. The van der Waals surface area contributed by atoms with E-state index in [2.05, 4.69) is 26.3 Å². The minimum absolute atomic E-state index is 0.135. The molecule has 1 amide bonds. The van der Waals surface area contributed by atoms with Gasteiger partial charge in [-0.25, -0.2) is 0 Å². The number of hydrogen-bond acceptors (Lipinski definition) is 3. The number of nitrogens with two attached hydrogens (primary N) is 1. The third-order valence-corrected chi connectivity index (χ3v) is 3.93. The Labute approximate surface area is 119 Å². The number of nitrogen functional groups attached to an aromatic ring is 1. The van der Waals surface area contributed by atoms with Crippen LogP contribution in [0, 0.1) is 13.8 Å². The largest absolute Gasteiger partial charge is 0.396 e. The van der Waals surface area contributed by atoms with Crippen LogP contribution in [0.3, 0.4) is 0 Å². The Morgan fingerprint density at radius 2 is 2.05 bits per heavy atom. The Balaban J connectivity index is 2.07. The quantitative estimate of drug-likeness (QED) is 0.911. The smallest absolute Gasteiger partial charge is 0.246 e. The maximum Gasteiger partial charge on any atom is 0.246 e. The summed E-state index contributed by atoms with van der Waals surface area (Å²) in [6.45, 7) is 4.12. The fourth-order valence-electron chi connectivity index (χ4n) is 1.83. The van der Waals surface area contributed by atoms with E-state index in [0.29, 0.717) is 5.69 Å². The van der Waals surface area contributed by atoms with Gasteiger partial charge in [0.1, 0.15) is 6.54 Å². The number of hydrogen-bond donors (Lipinski definition) is 2. The van der Waals surface area contributed by atoms with Crippen molar-refractivity contribution in [2.75, 3.05) is 11.1 Å². The number of aromatic nitrogens is 2. The third-order valence-electron chi connectivity index (χ3n) is 2.68. The topological polar surface area (TPSA) is 72.9 Å². The van der Waals surface area contributed by atoms with Crippen LogP contribution < -0.4 is 11.1 Å². The van der Waals surface area contributed by atoms with Crippen molar-refractivity contribution < 1.29 is 4.79 Å². The van der Waals surface area contributed by atoms with Gasteiger partial charge >= 0.3 is 0 Å². The Morgan fingerprint density at radius 3 is 2.58 bits per heavy atom. The van der Waals surface area contributed by atoms with Gasteiger partial charge < -0.3 is 11.1 Å². The molecule has 1 heterocycles. The zero-order chi connectivity index (χ0) is 14.0. The number of nitrogens with one attached hydrogen (secondary N) is 1. The first-order valence-corrected chi connectivity index (χ1v) is 6.59. The standard InChI is InChI=1S/C13H15BrN4O/c1-8-3-11(4-9(2)13(8)14)17-12(19)7-18-6-10(15)5-16-18/h3-6H,7,15H2,1-2H3,(H,17,19). The number of nitrogens with zero attached hydrogens (tertiary/aromatic N) is 2. The molecule has 5 nitrogen and oxygen atoms in total. The minimum atomic E-state index is -0.135. The van der Waals surface area contributed by atoms with Crippen molar-refractivity contribution in [2.45, 2.75) is 20.4 Å². The van der Waals surface area contributed by atoms with E-state index in [1.165, 1.54) is 10.9 Å². The maximum absolute atomic E-state index is 11.9. The molecule has 0 aliphatic carbocycles. The summed E-state index contributed by atoms with van der Waals surface area (Å²) in [5.74, 6) is -0.135. The normalized spacial score (nSPS) is 10.5. The van der Waals surface area contributed by atoms with Crippen LogP contribution in [0.1, 0.15) is 11.1 Å². The average molecular weight is 323 g/mol. The van der Waals surface area contributed by atoms with Gasteiger partial charge in [-0.05, 0) is 37.1 Å². The van der Waals surface area contributed by atoms with E-state index in [0.717, 1.165) is 21.3 Å². The molecule has 0 saturated carbocycles. The molecule has 0 saturated heterocycles. The van der Waals surface area contributed by atoms with E-state index in [1.54, 1.807) is 6.20 Å². The van der Waals surface area contributed by atoms with Gasteiger partial charge in [0.25, 0.3) is 0 Å². The number of benzene rings is 1. The van der Waals surface area contributed by atoms with E-state index in [-0.39, 0.29) is 12.5 Å². The van der Waals surface area contributed by atoms with Gasteiger partial charge in [-0.3, -0.25) is 9.48 Å². The van der Waals surface area contributed by atoms with E-state index in [4.69, 9.17) is 5.73 Å². The Kier molecular flexibility index (Phi) is 3.90. The van der Waals surface area contributed by atoms with Crippen molar-refractivity contribution in [1.29, 1.82) is 0 Å². The summed E-state index contributed by atoms with van der Waals surface area (Å²) in [7, 11) is 0. The molecule has 100 valence electrons. The fourth-order valence-corrected chi connectivity index (χ4v) is 2.06. The molecule has 3 N–H and O–H groups in total. The van der Waals surface area contributed by atoms with Crippen molar-refractivity contribution in [3.63, 3.8) is 0 Å². The zero-order valence-electron chi connectivity index (χ0n) is 10.8. The van der Waals surface area contributed by atoms with Crippen LogP contribution in [0.5, 0.6) is 0 Å². The molecule has 19 heavy (non-hydrogen) atoms. The van der Waals surface area contributed by atoms with Gasteiger partial charge in [0.2, 0.25) is 5.91 Å². The van der Waals surface area contributed by atoms with Crippen LogP contribution in [0.15, 0.2) is 29.0 Å². The predicted octanol–water partition coefficient (Wildman–Crippen LogP) is 2.48. The minimum Gasteiger partial charge on any atom is -0.396 e. The SMILES string of the molecule is Cc1cc(NC(=O)Cn2cc(N)cn2)cc(C)c1Br. The lowest BCUT2D eigenvalue weighted by atomic mass is 10.1. The van der Waals surface area contributed by atoms with Gasteiger partial charge in [0.15, 0.2) is 0 Å². The van der Waals surface area contributed by atoms with Crippen LogP contribution in [0.2, 0.25) is 0 Å². The van der Waals surface area contributed by atoms with Gasteiger partial charge in [-0.15, -0.1) is 0 Å². The molecule has 0 aliphatic rings. The van der Waals surface area contributed by atoms with Crippen molar-refractivity contribution in [2.24, 2.45) is 0 Å². The highest BCUT2D eigenvalue weighted by atomic mass is 79.9. The first-order valence-electron chi connectivity index (χ1n) is 5.80. The van der Waals surface area contributed by atoms with Crippen molar-refractivity contribution in [1.82, 2.24) is 9.78 Å². The maximum atomic E-state index is 11.9. The molecule has 2 rings (SSSR count). The number of anilines is 2. The highest BCUT2D eigenvalue weighted by molar-refractivity contribution is 9.10. The van der Waals surface area contributed by atoms with E-state index < -0.39 is 0 Å². The summed E-state index contributed by atoms with van der Waals surface area (Å²) in [6, 6.07) is 3.85. The molecular weight excluding hydrogens is 308 g/mol. The van der Waals surface area contributed by atoms with Gasteiger partial charge in [-0.1, -0.05) is 15.9 Å². The third kappa shape index (κ3) is 3.35. The number of aryl methyl sites for hydroxylation is 2. The lowest BCUT2D eigenvalue weighted by molar-refractivity contribution is -0.116. The van der Waals surface area contributed by atoms with E-state index in [1.807, 2.05) is 26.0 Å². The second kappa shape index (κ2) is 5.44. The Morgan fingerprint density at radius 1 is 1.42 bits per heavy atom. The summed E-state index contributed by atoms with van der Waals surface area (Å²) in [5, 5.41) is 6.82. The first kappa shape index (κ1) is 13.6. The number of carbonyl (C=O) groups excluding carboxylic acids is 1. The van der Waals surface area contributed by atoms with Gasteiger partial charge in [-0.2, -0.15) is 5.10 Å². The summed E-state index contributed by atoms with van der Waals surface area (Å²) >= 11 is 3.50. The lowest BCUT2D eigenvalue weighted by Crippen LogP contribution is -2.19. The zero-order valence-corrected chi connectivity index (χ0v) is 12.4. The molecule has 1 aromatic heterocycles. The molecule has 0 unspecified atom stereocenters. The highest BCUT2D eigenvalue weighted by Gasteiger charge is 2.07. The molecule has 0 aliphatic heterocycles. The van der Waals surface area contributed by atoms with Gasteiger partial charge in [0, 0.05) is 16.4 Å². The second-order valence-corrected chi connectivity index (χ2v) is 5.24. The van der Waals surface area contributed by atoms with E-state index >= 15 is 0 Å². The van der Waals surface area contributed by atoms with Crippen LogP contribution in [-0.4, -0.2) is 15.7 Å². The van der Waals surface area contributed by atoms with Crippen molar-refractivity contribution >= 4 is 33.2 Å². The number of carbonyl (C=O) groups is 1. The van der Waals surface area contributed by atoms with Crippen LogP contribution in [0.25, 0.3) is 0 Å². The van der Waals surface area contributed by atoms with Crippen LogP contribution >= 0.6 is 15.9 Å². The first-order chi connectivity index (χ1) is 8.95. The van der Waals surface area contributed by atoms with Crippen molar-refractivity contribution in [3.8, 4) is 0 Å².